The van der Waals surface area contributed by atoms with Gasteiger partial charge in [0.1, 0.15) is 0 Å². The van der Waals surface area contributed by atoms with E-state index in [0.717, 1.165) is 21.0 Å². The minimum Gasteiger partial charge on any atom is -0.302 e. The van der Waals surface area contributed by atoms with Crippen LogP contribution in [0.4, 0.5) is 5.13 Å². The van der Waals surface area contributed by atoms with Crippen LogP contribution in [0.15, 0.2) is 34.7 Å². The third kappa shape index (κ3) is 3.73. The maximum Gasteiger partial charge on any atom is 0.226 e. The van der Waals surface area contributed by atoms with Gasteiger partial charge in [0.15, 0.2) is 19.9 Å². The Kier molecular flexibility index (Phi) is 4.49. The first kappa shape index (κ1) is 18.1. The Labute approximate surface area is 163 Å². The standard InChI is InChI=1S/C17H16N4O3S3/c1-10-8-21-11(9-25-17(21)18-10)3-6-15(22)20-16-19-13-5-4-12(27(2,23)24)7-14(13)26-16/h4-5,7-9H,3,6H2,1-2H3,(H,19,20,22). The lowest BCUT2D eigenvalue weighted by molar-refractivity contribution is -0.116. The number of nitrogens with one attached hydrogen (secondary N) is 1. The quantitative estimate of drug-likeness (QED) is 0.535. The summed E-state index contributed by atoms with van der Waals surface area (Å²) < 4.78 is 26.1. The van der Waals surface area contributed by atoms with Gasteiger partial charge in [-0.3, -0.25) is 9.20 Å². The first-order valence-corrected chi connectivity index (χ1v) is 11.7. The Morgan fingerprint density at radius 1 is 1.30 bits per heavy atom. The second-order valence-corrected chi connectivity index (χ2v) is 10.1. The van der Waals surface area contributed by atoms with Crippen molar-refractivity contribution in [2.24, 2.45) is 0 Å². The second kappa shape index (κ2) is 6.70. The van der Waals surface area contributed by atoms with Crippen LogP contribution in [0.5, 0.6) is 0 Å². The SMILES string of the molecule is Cc1cn2c(CCC(=O)Nc3nc4ccc(S(C)(=O)=O)cc4s3)csc2n1. The molecule has 7 nitrogen and oxygen atoms in total. The van der Waals surface area contributed by atoms with E-state index in [1.165, 1.54) is 23.7 Å². The number of fused-ring (bicyclic) bond motifs is 2. The monoisotopic (exact) mass is 420 g/mol. The van der Waals surface area contributed by atoms with Crippen LogP contribution in [0.2, 0.25) is 0 Å². The van der Waals surface area contributed by atoms with Crippen molar-refractivity contribution in [3.63, 3.8) is 0 Å². The molecule has 4 aromatic rings. The van der Waals surface area contributed by atoms with Crippen LogP contribution < -0.4 is 5.32 Å². The van der Waals surface area contributed by atoms with Gasteiger partial charge in [-0.25, -0.2) is 18.4 Å². The molecule has 0 spiro atoms. The number of amides is 1. The highest BCUT2D eigenvalue weighted by atomic mass is 32.2. The summed E-state index contributed by atoms with van der Waals surface area (Å²) in [5.41, 5.74) is 2.67. The molecule has 3 aromatic heterocycles. The van der Waals surface area contributed by atoms with Gasteiger partial charge in [0.25, 0.3) is 0 Å². The molecule has 1 amide bonds. The Balaban J connectivity index is 1.46. The zero-order chi connectivity index (χ0) is 19.2. The molecule has 0 unspecified atom stereocenters. The molecular formula is C17H16N4O3S3. The lowest BCUT2D eigenvalue weighted by Crippen LogP contribution is -2.12. The molecule has 0 saturated carbocycles. The molecule has 140 valence electrons. The van der Waals surface area contributed by atoms with Crippen molar-refractivity contribution >= 4 is 58.7 Å². The molecule has 0 aliphatic heterocycles. The largest absolute Gasteiger partial charge is 0.302 e. The summed E-state index contributed by atoms with van der Waals surface area (Å²) in [4.78, 5) is 22.2. The number of nitrogens with zero attached hydrogens (tertiary/aromatic N) is 3. The zero-order valence-corrected chi connectivity index (χ0v) is 17.0. The van der Waals surface area contributed by atoms with Crippen LogP contribution in [0.25, 0.3) is 15.2 Å². The van der Waals surface area contributed by atoms with Crippen molar-refractivity contribution in [2.45, 2.75) is 24.7 Å². The number of imidazole rings is 1. The summed E-state index contributed by atoms with van der Waals surface area (Å²) in [5.74, 6) is -0.131. The number of aromatic nitrogens is 3. The van der Waals surface area contributed by atoms with E-state index in [2.05, 4.69) is 15.3 Å². The van der Waals surface area contributed by atoms with Gasteiger partial charge in [0.05, 0.1) is 20.8 Å². The fraction of sp³-hybridized carbons (Fsp3) is 0.235. The normalized spacial score (nSPS) is 12.1. The number of carbonyl (C=O) groups excluding carboxylic acids is 1. The Hall–Kier alpha value is -2.30. The molecule has 0 aliphatic carbocycles. The smallest absolute Gasteiger partial charge is 0.226 e. The van der Waals surface area contributed by atoms with E-state index in [4.69, 9.17) is 0 Å². The molecule has 27 heavy (non-hydrogen) atoms. The predicted octanol–water partition coefficient (Wildman–Crippen LogP) is 3.29. The van der Waals surface area contributed by atoms with Gasteiger partial charge in [-0.05, 0) is 31.5 Å². The third-order valence-corrected chi connectivity index (χ3v) is 6.98. The molecule has 1 aromatic carbocycles. The van der Waals surface area contributed by atoms with E-state index in [9.17, 15) is 13.2 Å². The molecule has 10 heteroatoms. The van der Waals surface area contributed by atoms with Crippen LogP contribution in [0, 0.1) is 6.92 Å². The minimum absolute atomic E-state index is 0.131. The second-order valence-electron chi connectivity index (χ2n) is 6.23. The van der Waals surface area contributed by atoms with E-state index in [-0.39, 0.29) is 10.8 Å². The van der Waals surface area contributed by atoms with Gasteiger partial charge in [0.2, 0.25) is 5.91 Å². The van der Waals surface area contributed by atoms with E-state index in [0.29, 0.717) is 23.5 Å². The molecule has 0 fully saturated rings. The van der Waals surface area contributed by atoms with Crippen molar-refractivity contribution in [3.05, 3.63) is 41.2 Å². The number of hydrogen-bond donors (Lipinski definition) is 1. The van der Waals surface area contributed by atoms with Gasteiger partial charge in [0, 0.05) is 29.9 Å². The number of aryl methyl sites for hydroxylation is 2. The minimum atomic E-state index is -3.27. The van der Waals surface area contributed by atoms with Gasteiger partial charge in [-0.2, -0.15) is 0 Å². The summed E-state index contributed by atoms with van der Waals surface area (Å²) >= 11 is 2.82. The van der Waals surface area contributed by atoms with Crippen molar-refractivity contribution in [3.8, 4) is 0 Å². The molecular weight excluding hydrogens is 404 g/mol. The number of sulfone groups is 1. The molecule has 0 aliphatic rings. The fourth-order valence-corrected chi connectivity index (χ4v) is 5.33. The van der Waals surface area contributed by atoms with Gasteiger partial charge < -0.3 is 5.32 Å². The first-order chi connectivity index (χ1) is 12.8. The Morgan fingerprint density at radius 3 is 2.89 bits per heavy atom. The lowest BCUT2D eigenvalue weighted by atomic mass is 10.2. The van der Waals surface area contributed by atoms with Gasteiger partial charge >= 0.3 is 0 Å². The van der Waals surface area contributed by atoms with Crippen molar-refractivity contribution in [1.29, 1.82) is 0 Å². The highest BCUT2D eigenvalue weighted by molar-refractivity contribution is 7.90. The van der Waals surface area contributed by atoms with Crippen molar-refractivity contribution in [1.82, 2.24) is 14.4 Å². The molecule has 0 atom stereocenters. The number of rotatable bonds is 5. The number of benzene rings is 1. The molecule has 0 saturated heterocycles. The number of hydrogen-bond acceptors (Lipinski definition) is 7. The molecule has 1 N–H and O–H groups in total. The molecule has 0 bridgehead atoms. The number of carbonyl (C=O) groups is 1. The Morgan fingerprint density at radius 2 is 2.11 bits per heavy atom. The summed E-state index contributed by atoms with van der Waals surface area (Å²) in [6.45, 7) is 1.94. The molecule has 3 heterocycles. The molecule has 4 rings (SSSR count). The average Bonchev–Trinajstić information content (AvgIpc) is 3.24. The van der Waals surface area contributed by atoms with Crippen LogP contribution in [0.3, 0.4) is 0 Å². The lowest BCUT2D eigenvalue weighted by Gasteiger charge is -2.01. The first-order valence-electron chi connectivity index (χ1n) is 8.12. The number of anilines is 1. The van der Waals surface area contributed by atoms with Crippen LogP contribution in [0.1, 0.15) is 17.8 Å². The van der Waals surface area contributed by atoms with Crippen LogP contribution in [-0.4, -0.2) is 34.9 Å². The molecule has 0 radical (unpaired) electrons. The third-order valence-electron chi connectivity index (χ3n) is 4.05. The summed E-state index contributed by atoms with van der Waals surface area (Å²) in [7, 11) is -3.27. The average molecular weight is 421 g/mol. The summed E-state index contributed by atoms with van der Waals surface area (Å²) in [6.07, 6.45) is 4.06. The highest BCUT2D eigenvalue weighted by Crippen LogP contribution is 2.28. The van der Waals surface area contributed by atoms with E-state index in [1.54, 1.807) is 23.5 Å². The van der Waals surface area contributed by atoms with Crippen LogP contribution in [-0.2, 0) is 21.1 Å². The van der Waals surface area contributed by atoms with Crippen LogP contribution >= 0.6 is 22.7 Å². The topological polar surface area (TPSA) is 93.4 Å². The number of thiazole rings is 2. The summed E-state index contributed by atoms with van der Waals surface area (Å²) in [6, 6.07) is 4.76. The van der Waals surface area contributed by atoms with Crippen molar-refractivity contribution in [2.75, 3.05) is 11.6 Å². The van der Waals surface area contributed by atoms with Gasteiger partial charge in [-0.1, -0.05) is 11.3 Å². The van der Waals surface area contributed by atoms with Crippen molar-refractivity contribution < 1.29 is 13.2 Å². The fourth-order valence-electron chi connectivity index (χ4n) is 2.73. The maximum absolute atomic E-state index is 12.3. The van der Waals surface area contributed by atoms with E-state index >= 15 is 0 Å². The summed E-state index contributed by atoms with van der Waals surface area (Å²) in [5, 5.41) is 5.28. The van der Waals surface area contributed by atoms with E-state index < -0.39 is 9.84 Å². The maximum atomic E-state index is 12.3. The Bertz CT molecular complexity index is 1270. The predicted molar refractivity (Wildman–Crippen MR) is 107 cm³/mol. The van der Waals surface area contributed by atoms with Gasteiger partial charge in [-0.15, -0.1) is 11.3 Å². The zero-order valence-electron chi connectivity index (χ0n) is 14.6. The van der Waals surface area contributed by atoms with E-state index in [1.807, 2.05) is 22.9 Å². The highest BCUT2D eigenvalue weighted by Gasteiger charge is 2.13.